The van der Waals surface area contributed by atoms with E-state index in [1.807, 2.05) is 39.0 Å². The number of carbonyl (C=O) groups is 1. The van der Waals surface area contributed by atoms with Crippen molar-refractivity contribution in [1.29, 1.82) is 0 Å². The highest BCUT2D eigenvalue weighted by Crippen LogP contribution is 2.28. The topological polar surface area (TPSA) is 67.8 Å². The Morgan fingerprint density at radius 2 is 2.05 bits per heavy atom. The molecule has 0 radical (unpaired) electrons. The molecule has 0 amide bonds. The largest absolute Gasteiger partial charge is 0.493 e. The monoisotopic (exact) mass is 295 g/mol. The van der Waals surface area contributed by atoms with Crippen molar-refractivity contribution in [1.82, 2.24) is 5.32 Å². The highest BCUT2D eigenvalue weighted by Gasteiger charge is 2.18. The van der Waals surface area contributed by atoms with E-state index in [0.717, 1.165) is 5.56 Å². The Labute approximate surface area is 126 Å². The molecule has 0 fully saturated rings. The number of methoxy groups -OCH3 is 1. The minimum atomic E-state index is -0.818. The van der Waals surface area contributed by atoms with Crippen molar-refractivity contribution < 1.29 is 19.4 Å². The van der Waals surface area contributed by atoms with Gasteiger partial charge in [-0.1, -0.05) is 19.9 Å². The number of benzene rings is 1. The zero-order valence-corrected chi connectivity index (χ0v) is 13.2. The molecule has 118 valence electrons. The molecule has 0 aliphatic carbocycles. The van der Waals surface area contributed by atoms with Crippen LogP contribution in [0.2, 0.25) is 0 Å². The van der Waals surface area contributed by atoms with Crippen LogP contribution in [0.25, 0.3) is 0 Å². The molecule has 1 aromatic rings. The van der Waals surface area contributed by atoms with E-state index in [1.165, 1.54) is 0 Å². The Morgan fingerprint density at radius 1 is 1.33 bits per heavy atom. The van der Waals surface area contributed by atoms with E-state index in [9.17, 15) is 9.90 Å². The number of nitrogens with one attached hydrogen (secondary N) is 1. The molecule has 0 aliphatic rings. The van der Waals surface area contributed by atoms with E-state index in [-0.39, 0.29) is 0 Å². The van der Waals surface area contributed by atoms with Crippen LogP contribution in [-0.4, -0.2) is 30.8 Å². The van der Waals surface area contributed by atoms with Crippen LogP contribution in [0.15, 0.2) is 18.2 Å². The normalized spacial score (nSPS) is 12.2. The van der Waals surface area contributed by atoms with E-state index in [1.54, 1.807) is 7.11 Å². The van der Waals surface area contributed by atoms with Crippen molar-refractivity contribution >= 4 is 5.97 Å². The first-order chi connectivity index (χ1) is 9.97. The van der Waals surface area contributed by atoms with Crippen LogP contribution in [0.5, 0.6) is 11.5 Å². The van der Waals surface area contributed by atoms with Gasteiger partial charge in [0, 0.05) is 6.54 Å². The molecule has 2 N–H and O–H groups in total. The van der Waals surface area contributed by atoms with Gasteiger partial charge in [0.05, 0.1) is 13.7 Å². The third-order valence-corrected chi connectivity index (χ3v) is 3.09. The summed E-state index contributed by atoms with van der Waals surface area (Å²) in [6, 6.07) is 5.08. The molecule has 0 aliphatic heterocycles. The molecule has 0 saturated heterocycles. The van der Waals surface area contributed by atoms with Crippen LogP contribution in [0.1, 0.15) is 32.8 Å². The summed E-state index contributed by atoms with van der Waals surface area (Å²) < 4.78 is 10.7. The fraction of sp³-hybridized carbons (Fsp3) is 0.562. The number of aliphatic carboxylic acids is 1. The Balaban J connectivity index is 2.71. The van der Waals surface area contributed by atoms with Crippen LogP contribution in [0.3, 0.4) is 0 Å². The average molecular weight is 295 g/mol. The second kappa shape index (κ2) is 8.52. The summed E-state index contributed by atoms with van der Waals surface area (Å²) >= 11 is 0. The molecule has 0 saturated carbocycles. The van der Waals surface area contributed by atoms with Gasteiger partial charge in [0.2, 0.25) is 0 Å². The quantitative estimate of drug-likeness (QED) is 0.733. The predicted molar refractivity (Wildman–Crippen MR) is 81.9 cm³/mol. The summed E-state index contributed by atoms with van der Waals surface area (Å²) in [5.74, 6) is 0.864. The van der Waals surface area contributed by atoms with Crippen molar-refractivity contribution in [2.75, 3.05) is 13.7 Å². The molecule has 5 heteroatoms. The highest BCUT2D eigenvalue weighted by molar-refractivity contribution is 5.73. The molecular weight excluding hydrogens is 270 g/mol. The number of rotatable bonds is 9. The van der Waals surface area contributed by atoms with Gasteiger partial charge < -0.3 is 19.9 Å². The first kappa shape index (κ1) is 17.3. The van der Waals surface area contributed by atoms with E-state index in [0.29, 0.717) is 37.0 Å². The molecular formula is C16H25NO4. The lowest BCUT2D eigenvalue weighted by atomic mass is 10.0. The van der Waals surface area contributed by atoms with Crippen LogP contribution in [0.4, 0.5) is 0 Å². The van der Waals surface area contributed by atoms with Crippen molar-refractivity contribution in [3.8, 4) is 11.5 Å². The molecule has 21 heavy (non-hydrogen) atoms. The SMILES string of the molecule is CCOc1ccc(CN[C@H](CC(C)C)C(=O)O)cc1OC. The van der Waals surface area contributed by atoms with Crippen LogP contribution >= 0.6 is 0 Å². The summed E-state index contributed by atoms with van der Waals surface area (Å²) in [5.41, 5.74) is 0.963. The molecule has 0 unspecified atom stereocenters. The van der Waals surface area contributed by atoms with E-state index in [4.69, 9.17) is 9.47 Å². The Hall–Kier alpha value is -1.75. The highest BCUT2D eigenvalue weighted by atomic mass is 16.5. The minimum Gasteiger partial charge on any atom is -0.493 e. The third kappa shape index (κ3) is 5.63. The van der Waals surface area contributed by atoms with E-state index in [2.05, 4.69) is 5.32 Å². The maximum atomic E-state index is 11.2. The number of hydrogen-bond donors (Lipinski definition) is 2. The number of carboxylic acids is 1. The fourth-order valence-electron chi connectivity index (χ4n) is 2.08. The van der Waals surface area contributed by atoms with Gasteiger partial charge in [0.1, 0.15) is 6.04 Å². The van der Waals surface area contributed by atoms with Crippen LogP contribution in [0, 0.1) is 5.92 Å². The zero-order valence-electron chi connectivity index (χ0n) is 13.2. The second-order valence-corrected chi connectivity index (χ2v) is 5.32. The van der Waals surface area contributed by atoms with Crippen molar-refractivity contribution in [3.05, 3.63) is 23.8 Å². The molecule has 0 heterocycles. The lowest BCUT2D eigenvalue weighted by Crippen LogP contribution is -2.37. The van der Waals surface area contributed by atoms with Crippen molar-refractivity contribution in [2.45, 2.75) is 39.8 Å². The van der Waals surface area contributed by atoms with Gasteiger partial charge in [0.15, 0.2) is 11.5 Å². The van der Waals surface area contributed by atoms with Gasteiger partial charge in [-0.05, 0) is 37.0 Å². The number of carboxylic acid groups (broad SMARTS) is 1. The number of hydrogen-bond acceptors (Lipinski definition) is 4. The fourth-order valence-corrected chi connectivity index (χ4v) is 2.08. The van der Waals surface area contributed by atoms with E-state index >= 15 is 0 Å². The van der Waals surface area contributed by atoms with Gasteiger partial charge in [-0.3, -0.25) is 4.79 Å². The van der Waals surface area contributed by atoms with Crippen LogP contribution in [-0.2, 0) is 11.3 Å². The predicted octanol–water partition coefficient (Wildman–Crippen LogP) is 2.68. The summed E-state index contributed by atoms with van der Waals surface area (Å²) in [4.78, 5) is 11.2. The Morgan fingerprint density at radius 3 is 2.57 bits per heavy atom. The summed E-state index contributed by atoms with van der Waals surface area (Å²) in [5, 5.41) is 12.3. The van der Waals surface area contributed by atoms with Crippen LogP contribution < -0.4 is 14.8 Å². The lowest BCUT2D eigenvalue weighted by Gasteiger charge is -2.17. The first-order valence-electron chi connectivity index (χ1n) is 7.23. The maximum Gasteiger partial charge on any atom is 0.320 e. The minimum absolute atomic E-state index is 0.327. The molecule has 0 aromatic heterocycles. The maximum absolute atomic E-state index is 11.2. The van der Waals surface area contributed by atoms with E-state index < -0.39 is 12.0 Å². The Kier molecular flexibility index (Phi) is 7.02. The molecule has 0 bridgehead atoms. The standard InChI is InChI=1S/C16H25NO4/c1-5-21-14-7-6-12(9-15(14)20-4)10-17-13(16(18)19)8-11(2)3/h6-7,9,11,13,17H,5,8,10H2,1-4H3,(H,18,19)/t13-/m1/s1. The third-order valence-electron chi connectivity index (χ3n) is 3.09. The van der Waals surface area contributed by atoms with Crippen molar-refractivity contribution in [3.63, 3.8) is 0 Å². The molecule has 1 rings (SSSR count). The molecule has 0 spiro atoms. The first-order valence-corrected chi connectivity index (χ1v) is 7.23. The van der Waals surface area contributed by atoms with Crippen molar-refractivity contribution in [2.24, 2.45) is 5.92 Å². The zero-order chi connectivity index (χ0) is 15.8. The molecule has 5 nitrogen and oxygen atoms in total. The van der Waals surface area contributed by atoms with Gasteiger partial charge in [-0.25, -0.2) is 0 Å². The molecule has 1 atom stereocenters. The second-order valence-electron chi connectivity index (χ2n) is 5.32. The van der Waals surface area contributed by atoms with Gasteiger partial charge in [-0.2, -0.15) is 0 Å². The lowest BCUT2D eigenvalue weighted by molar-refractivity contribution is -0.140. The average Bonchev–Trinajstić information content (AvgIpc) is 2.44. The van der Waals surface area contributed by atoms with Gasteiger partial charge in [0.25, 0.3) is 0 Å². The molecule has 1 aromatic carbocycles. The van der Waals surface area contributed by atoms with Gasteiger partial charge in [-0.15, -0.1) is 0 Å². The number of ether oxygens (including phenoxy) is 2. The summed E-state index contributed by atoms with van der Waals surface area (Å²) in [7, 11) is 1.59. The van der Waals surface area contributed by atoms with Gasteiger partial charge >= 0.3 is 5.97 Å². The summed E-state index contributed by atoms with van der Waals surface area (Å²) in [6.07, 6.45) is 0.601. The Bertz CT molecular complexity index is 460. The summed E-state index contributed by atoms with van der Waals surface area (Å²) in [6.45, 7) is 6.99. The smallest absolute Gasteiger partial charge is 0.320 e.